The molecule has 2 aromatic carbocycles. The smallest absolute Gasteiger partial charge is 0.224 e. The Morgan fingerprint density at radius 1 is 1.04 bits per heavy atom. The number of aryl methyl sites for hydroxylation is 1. The first kappa shape index (κ1) is 17.9. The highest BCUT2D eigenvalue weighted by Crippen LogP contribution is 2.24. The third-order valence-electron chi connectivity index (χ3n) is 3.43. The molecule has 128 valence electrons. The van der Waals surface area contributed by atoms with Crippen molar-refractivity contribution in [3.05, 3.63) is 54.1 Å². The molecule has 0 atom stereocenters. The lowest BCUT2D eigenvalue weighted by atomic mass is 10.2. The summed E-state index contributed by atoms with van der Waals surface area (Å²) in [6.07, 6.45) is 2.00. The van der Waals surface area contributed by atoms with Crippen LogP contribution in [0.4, 0.5) is 5.69 Å². The van der Waals surface area contributed by atoms with Gasteiger partial charge in [0.15, 0.2) is 0 Å². The van der Waals surface area contributed by atoms with Crippen molar-refractivity contribution < 1.29 is 14.3 Å². The van der Waals surface area contributed by atoms with Gasteiger partial charge in [0.2, 0.25) is 5.91 Å². The van der Waals surface area contributed by atoms with Gasteiger partial charge in [0.05, 0.1) is 18.9 Å². The summed E-state index contributed by atoms with van der Waals surface area (Å²) < 4.78 is 11.3. The van der Waals surface area contributed by atoms with Gasteiger partial charge in [-0.05, 0) is 49.6 Å². The molecule has 0 aliphatic rings. The number of benzene rings is 2. The fourth-order valence-electron chi connectivity index (χ4n) is 2.25. The van der Waals surface area contributed by atoms with Crippen LogP contribution in [0.1, 0.15) is 31.7 Å². The monoisotopic (exact) mass is 327 g/mol. The first-order valence-corrected chi connectivity index (χ1v) is 8.40. The Morgan fingerprint density at radius 3 is 2.67 bits per heavy atom. The van der Waals surface area contributed by atoms with Crippen LogP contribution in [0.2, 0.25) is 0 Å². The van der Waals surface area contributed by atoms with Crippen LogP contribution in [0.15, 0.2) is 48.5 Å². The highest BCUT2D eigenvalue weighted by Gasteiger charge is 2.07. The van der Waals surface area contributed by atoms with Gasteiger partial charge < -0.3 is 14.8 Å². The number of amides is 1. The molecule has 4 nitrogen and oxygen atoms in total. The molecule has 0 heterocycles. The van der Waals surface area contributed by atoms with Crippen molar-refractivity contribution >= 4 is 11.6 Å². The number of carbonyl (C=O) groups excluding carboxylic acids is 1. The zero-order valence-corrected chi connectivity index (χ0v) is 14.4. The van der Waals surface area contributed by atoms with Crippen molar-refractivity contribution in [1.29, 1.82) is 0 Å². The van der Waals surface area contributed by atoms with Gasteiger partial charge in [-0.25, -0.2) is 0 Å². The van der Waals surface area contributed by atoms with E-state index in [1.54, 1.807) is 0 Å². The maximum absolute atomic E-state index is 12.1. The van der Waals surface area contributed by atoms with Gasteiger partial charge in [-0.15, -0.1) is 0 Å². The Bertz CT molecular complexity index is 655. The van der Waals surface area contributed by atoms with Crippen LogP contribution in [-0.4, -0.2) is 19.1 Å². The third-order valence-corrected chi connectivity index (χ3v) is 3.43. The molecular formula is C20H25NO3. The molecule has 2 rings (SSSR count). The standard InChI is InChI=1S/C20H25NO3/c1-3-13-24-19-11-5-4-10-18(19)21-20(22)12-7-14-23-17-9-6-8-16(2)15-17/h4-6,8-11,15H,3,7,12-14H2,1-2H3,(H,21,22). The lowest BCUT2D eigenvalue weighted by Crippen LogP contribution is -2.14. The number of ether oxygens (including phenoxy) is 2. The number of anilines is 1. The van der Waals surface area contributed by atoms with E-state index in [0.717, 1.165) is 23.4 Å². The van der Waals surface area contributed by atoms with Crippen molar-refractivity contribution in [1.82, 2.24) is 0 Å². The van der Waals surface area contributed by atoms with Crippen LogP contribution in [0.25, 0.3) is 0 Å². The molecule has 0 aromatic heterocycles. The Labute approximate surface area is 143 Å². The average Bonchev–Trinajstić information content (AvgIpc) is 2.58. The second-order valence-electron chi connectivity index (χ2n) is 5.66. The van der Waals surface area contributed by atoms with E-state index in [9.17, 15) is 4.79 Å². The first-order valence-electron chi connectivity index (χ1n) is 8.40. The minimum absolute atomic E-state index is 0.0320. The molecule has 0 saturated heterocycles. The zero-order valence-electron chi connectivity index (χ0n) is 14.4. The number of nitrogens with one attached hydrogen (secondary N) is 1. The van der Waals surface area contributed by atoms with Gasteiger partial charge in [-0.2, -0.15) is 0 Å². The fourth-order valence-corrected chi connectivity index (χ4v) is 2.25. The molecule has 0 aliphatic carbocycles. The summed E-state index contributed by atoms with van der Waals surface area (Å²) in [5.74, 6) is 1.52. The van der Waals surface area contributed by atoms with E-state index in [1.165, 1.54) is 0 Å². The summed E-state index contributed by atoms with van der Waals surface area (Å²) >= 11 is 0. The highest BCUT2D eigenvalue weighted by atomic mass is 16.5. The molecule has 4 heteroatoms. The fraction of sp³-hybridized carbons (Fsp3) is 0.350. The van der Waals surface area contributed by atoms with E-state index >= 15 is 0 Å². The van der Waals surface area contributed by atoms with Crippen LogP contribution in [0, 0.1) is 6.92 Å². The molecule has 24 heavy (non-hydrogen) atoms. The van der Waals surface area contributed by atoms with E-state index in [4.69, 9.17) is 9.47 Å². The minimum Gasteiger partial charge on any atom is -0.494 e. The zero-order chi connectivity index (χ0) is 17.2. The summed E-state index contributed by atoms with van der Waals surface area (Å²) in [4.78, 5) is 12.1. The Hall–Kier alpha value is -2.49. The van der Waals surface area contributed by atoms with Crippen LogP contribution in [0.3, 0.4) is 0 Å². The largest absolute Gasteiger partial charge is 0.494 e. The molecule has 0 radical (unpaired) electrons. The third kappa shape index (κ3) is 5.95. The van der Waals surface area contributed by atoms with Gasteiger partial charge >= 0.3 is 0 Å². The first-order chi connectivity index (χ1) is 11.7. The number of carbonyl (C=O) groups is 1. The van der Waals surface area contributed by atoms with Crippen molar-refractivity contribution in [3.8, 4) is 11.5 Å². The molecule has 0 aliphatic heterocycles. The number of hydrogen-bond donors (Lipinski definition) is 1. The molecule has 0 fully saturated rings. The molecule has 0 bridgehead atoms. The van der Waals surface area contributed by atoms with Gasteiger partial charge in [0.1, 0.15) is 11.5 Å². The van der Waals surface area contributed by atoms with Gasteiger partial charge in [-0.3, -0.25) is 4.79 Å². The van der Waals surface area contributed by atoms with E-state index < -0.39 is 0 Å². The SMILES string of the molecule is CCCOc1ccccc1NC(=O)CCCOc1cccc(C)c1. The summed E-state index contributed by atoms with van der Waals surface area (Å²) in [6, 6.07) is 15.4. The lowest BCUT2D eigenvalue weighted by Gasteiger charge is -2.12. The van der Waals surface area contributed by atoms with Crippen LogP contribution in [0.5, 0.6) is 11.5 Å². The summed E-state index contributed by atoms with van der Waals surface area (Å²) in [6.45, 7) is 5.23. The van der Waals surface area contributed by atoms with Crippen LogP contribution >= 0.6 is 0 Å². The minimum atomic E-state index is -0.0320. The molecule has 2 aromatic rings. The van der Waals surface area contributed by atoms with E-state index in [0.29, 0.717) is 31.8 Å². The number of hydrogen-bond acceptors (Lipinski definition) is 3. The topological polar surface area (TPSA) is 47.6 Å². The van der Waals surface area contributed by atoms with Gasteiger partial charge in [0.25, 0.3) is 0 Å². The maximum Gasteiger partial charge on any atom is 0.224 e. The predicted molar refractivity (Wildman–Crippen MR) is 96.8 cm³/mol. The number of rotatable bonds is 9. The predicted octanol–water partition coefficient (Wildman–Crippen LogP) is 4.58. The molecular weight excluding hydrogens is 302 g/mol. The second-order valence-corrected chi connectivity index (χ2v) is 5.66. The van der Waals surface area contributed by atoms with E-state index in [2.05, 4.69) is 12.2 Å². The summed E-state index contributed by atoms with van der Waals surface area (Å²) in [5.41, 5.74) is 1.88. The lowest BCUT2D eigenvalue weighted by molar-refractivity contribution is -0.116. The van der Waals surface area contributed by atoms with Crippen LogP contribution in [-0.2, 0) is 4.79 Å². The normalized spacial score (nSPS) is 10.2. The van der Waals surface area contributed by atoms with Gasteiger partial charge in [-0.1, -0.05) is 31.2 Å². The summed E-state index contributed by atoms with van der Waals surface area (Å²) in [7, 11) is 0. The van der Waals surface area contributed by atoms with Gasteiger partial charge in [0, 0.05) is 6.42 Å². The molecule has 0 saturated carbocycles. The molecule has 0 unspecified atom stereocenters. The van der Waals surface area contributed by atoms with Crippen LogP contribution < -0.4 is 14.8 Å². The molecule has 1 amide bonds. The maximum atomic E-state index is 12.1. The molecule has 1 N–H and O–H groups in total. The molecule has 0 spiro atoms. The quantitative estimate of drug-likeness (QED) is 0.686. The Morgan fingerprint density at radius 2 is 1.88 bits per heavy atom. The Kier molecular flexibility index (Phi) is 7.15. The van der Waals surface area contributed by atoms with Crippen molar-refractivity contribution in [3.63, 3.8) is 0 Å². The van der Waals surface area contributed by atoms with Crippen molar-refractivity contribution in [2.24, 2.45) is 0 Å². The van der Waals surface area contributed by atoms with Crippen molar-refractivity contribution in [2.75, 3.05) is 18.5 Å². The highest BCUT2D eigenvalue weighted by molar-refractivity contribution is 5.92. The summed E-state index contributed by atoms with van der Waals surface area (Å²) in [5, 5.41) is 2.91. The number of para-hydroxylation sites is 2. The Balaban J connectivity index is 1.75. The second kappa shape index (κ2) is 9.60. The van der Waals surface area contributed by atoms with E-state index in [1.807, 2.05) is 55.5 Å². The average molecular weight is 327 g/mol. The van der Waals surface area contributed by atoms with Crippen molar-refractivity contribution in [2.45, 2.75) is 33.1 Å². The van der Waals surface area contributed by atoms with E-state index in [-0.39, 0.29) is 5.91 Å².